The van der Waals surface area contributed by atoms with Gasteiger partial charge in [0.05, 0.1) is 25.0 Å². The molecular formula is C16H21N3O. The molecule has 1 aromatic heterocycles. The van der Waals surface area contributed by atoms with Crippen molar-refractivity contribution >= 4 is 5.69 Å². The highest BCUT2D eigenvalue weighted by Crippen LogP contribution is 2.43. The van der Waals surface area contributed by atoms with Crippen LogP contribution in [0.2, 0.25) is 0 Å². The van der Waals surface area contributed by atoms with Crippen molar-refractivity contribution in [3.63, 3.8) is 0 Å². The first-order valence-electron chi connectivity index (χ1n) is 7.23. The van der Waals surface area contributed by atoms with E-state index in [4.69, 9.17) is 4.74 Å². The molecule has 1 aliphatic carbocycles. The van der Waals surface area contributed by atoms with Gasteiger partial charge in [0.2, 0.25) is 0 Å². The van der Waals surface area contributed by atoms with Gasteiger partial charge in [-0.1, -0.05) is 12.1 Å². The van der Waals surface area contributed by atoms with Crippen molar-refractivity contribution in [1.82, 2.24) is 9.78 Å². The predicted molar refractivity (Wildman–Crippen MR) is 80.0 cm³/mol. The van der Waals surface area contributed by atoms with E-state index >= 15 is 0 Å². The number of ether oxygens (including phenoxy) is 1. The number of nitrogens with one attached hydrogen (secondary N) is 1. The Morgan fingerprint density at radius 1 is 1.35 bits per heavy atom. The Hall–Kier alpha value is -1.97. The molecule has 2 aromatic rings. The fourth-order valence-corrected chi connectivity index (χ4v) is 2.50. The van der Waals surface area contributed by atoms with Crippen molar-refractivity contribution < 1.29 is 4.74 Å². The van der Waals surface area contributed by atoms with Crippen LogP contribution in [0.1, 0.15) is 31.4 Å². The summed E-state index contributed by atoms with van der Waals surface area (Å²) in [6.07, 6.45) is 6.57. The van der Waals surface area contributed by atoms with E-state index in [9.17, 15) is 0 Å². The largest absolute Gasteiger partial charge is 0.497 e. The molecule has 1 N–H and O–H groups in total. The van der Waals surface area contributed by atoms with Crippen LogP contribution in [0.3, 0.4) is 0 Å². The van der Waals surface area contributed by atoms with Crippen LogP contribution in [-0.4, -0.2) is 16.9 Å². The standard InChI is InChI=1S/C16H21N3O/c1-3-19-11-14(10-17-19)18-16(12-4-5-12)13-6-8-15(20-2)9-7-13/h6-12,16,18H,3-5H2,1-2H3. The van der Waals surface area contributed by atoms with E-state index in [2.05, 4.69) is 35.7 Å². The van der Waals surface area contributed by atoms with Gasteiger partial charge in [-0.25, -0.2) is 0 Å². The first-order valence-corrected chi connectivity index (χ1v) is 7.23. The minimum atomic E-state index is 0.371. The molecule has 0 aliphatic heterocycles. The molecule has 1 atom stereocenters. The van der Waals surface area contributed by atoms with Gasteiger partial charge in [0, 0.05) is 12.7 Å². The van der Waals surface area contributed by atoms with Crippen LogP contribution in [0.5, 0.6) is 5.75 Å². The summed E-state index contributed by atoms with van der Waals surface area (Å²) >= 11 is 0. The molecule has 1 aromatic carbocycles. The van der Waals surface area contributed by atoms with Crippen molar-refractivity contribution in [2.24, 2.45) is 5.92 Å². The fourth-order valence-electron chi connectivity index (χ4n) is 2.50. The van der Waals surface area contributed by atoms with Crippen molar-refractivity contribution in [1.29, 1.82) is 0 Å². The average Bonchev–Trinajstić information content (AvgIpc) is 3.24. The summed E-state index contributed by atoms with van der Waals surface area (Å²) in [7, 11) is 1.70. The SMILES string of the molecule is CCn1cc(NC(c2ccc(OC)cc2)C2CC2)cn1. The first-order chi connectivity index (χ1) is 9.80. The Balaban J connectivity index is 1.77. The number of aryl methyl sites for hydroxylation is 1. The lowest BCUT2D eigenvalue weighted by Crippen LogP contribution is -2.12. The van der Waals surface area contributed by atoms with Crippen molar-refractivity contribution in [2.45, 2.75) is 32.4 Å². The molecule has 0 spiro atoms. The molecule has 4 heteroatoms. The smallest absolute Gasteiger partial charge is 0.118 e. The van der Waals surface area contributed by atoms with E-state index in [0.29, 0.717) is 6.04 Å². The molecule has 106 valence electrons. The second kappa shape index (κ2) is 5.57. The van der Waals surface area contributed by atoms with Crippen LogP contribution in [0.15, 0.2) is 36.7 Å². The van der Waals surface area contributed by atoms with Gasteiger partial charge < -0.3 is 10.1 Å². The number of hydrogen-bond acceptors (Lipinski definition) is 3. The van der Waals surface area contributed by atoms with E-state index < -0.39 is 0 Å². The number of rotatable bonds is 6. The Bertz CT molecular complexity index is 557. The summed E-state index contributed by atoms with van der Waals surface area (Å²) in [5, 5.41) is 7.95. The van der Waals surface area contributed by atoms with Crippen LogP contribution < -0.4 is 10.1 Å². The third-order valence-corrected chi connectivity index (χ3v) is 3.85. The van der Waals surface area contributed by atoms with Gasteiger partial charge in [0.15, 0.2) is 0 Å². The first kappa shape index (κ1) is 13.0. The number of aromatic nitrogens is 2. The maximum Gasteiger partial charge on any atom is 0.118 e. The summed E-state index contributed by atoms with van der Waals surface area (Å²) in [6, 6.07) is 8.73. The van der Waals surface area contributed by atoms with Crippen molar-refractivity contribution in [3.8, 4) is 5.75 Å². The number of nitrogens with zero attached hydrogens (tertiary/aromatic N) is 2. The summed E-state index contributed by atoms with van der Waals surface area (Å²) in [6.45, 7) is 3.00. The number of benzene rings is 1. The van der Waals surface area contributed by atoms with Gasteiger partial charge in [-0.2, -0.15) is 5.10 Å². The molecule has 1 saturated carbocycles. The molecular weight excluding hydrogens is 250 g/mol. The van der Waals surface area contributed by atoms with Crippen LogP contribution in [0.4, 0.5) is 5.69 Å². The molecule has 1 aliphatic rings. The molecule has 20 heavy (non-hydrogen) atoms. The summed E-state index contributed by atoms with van der Waals surface area (Å²) < 4.78 is 7.17. The average molecular weight is 271 g/mol. The summed E-state index contributed by atoms with van der Waals surface area (Å²) in [5.41, 5.74) is 2.41. The predicted octanol–water partition coefficient (Wildman–Crippen LogP) is 3.47. The lowest BCUT2D eigenvalue weighted by molar-refractivity contribution is 0.414. The highest BCUT2D eigenvalue weighted by atomic mass is 16.5. The van der Waals surface area contributed by atoms with E-state index in [1.54, 1.807) is 7.11 Å². The number of methoxy groups -OCH3 is 1. The third-order valence-electron chi connectivity index (χ3n) is 3.85. The summed E-state index contributed by atoms with van der Waals surface area (Å²) in [5.74, 6) is 1.63. The maximum atomic E-state index is 5.23. The Kier molecular flexibility index (Phi) is 3.63. The zero-order valence-corrected chi connectivity index (χ0v) is 12.0. The van der Waals surface area contributed by atoms with E-state index in [1.807, 2.05) is 23.0 Å². The topological polar surface area (TPSA) is 39.1 Å². The second-order valence-corrected chi connectivity index (χ2v) is 5.32. The van der Waals surface area contributed by atoms with Gasteiger partial charge in [0.25, 0.3) is 0 Å². The Morgan fingerprint density at radius 2 is 2.10 bits per heavy atom. The molecule has 0 radical (unpaired) electrons. The van der Waals surface area contributed by atoms with Crippen LogP contribution >= 0.6 is 0 Å². The highest BCUT2D eigenvalue weighted by Gasteiger charge is 2.32. The van der Waals surface area contributed by atoms with Crippen LogP contribution in [0, 0.1) is 5.92 Å². The maximum absolute atomic E-state index is 5.23. The Morgan fingerprint density at radius 3 is 2.65 bits per heavy atom. The Labute approximate surface area is 119 Å². The molecule has 0 saturated heterocycles. The van der Waals surface area contributed by atoms with Gasteiger partial charge in [-0.3, -0.25) is 4.68 Å². The number of hydrogen-bond donors (Lipinski definition) is 1. The minimum absolute atomic E-state index is 0.371. The summed E-state index contributed by atoms with van der Waals surface area (Å²) in [4.78, 5) is 0. The van der Waals surface area contributed by atoms with Gasteiger partial charge in [0.1, 0.15) is 5.75 Å². The quantitative estimate of drug-likeness (QED) is 0.874. The van der Waals surface area contributed by atoms with Crippen LogP contribution in [0.25, 0.3) is 0 Å². The zero-order chi connectivity index (χ0) is 13.9. The van der Waals surface area contributed by atoms with E-state index in [-0.39, 0.29) is 0 Å². The monoisotopic (exact) mass is 271 g/mol. The van der Waals surface area contributed by atoms with Gasteiger partial charge in [-0.05, 0) is 43.4 Å². The molecule has 1 fully saturated rings. The normalized spacial score (nSPS) is 15.9. The molecule has 1 heterocycles. The molecule has 0 amide bonds. The second-order valence-electron chi connectivity index (χ2n) is 5.32. The van der Waals surface area contributed by atoms with Crippen LogP contribution in [-0.2, 0) is 6.54 Å². The molecule has 4 nitrogen and oxygen atoms in total. The van der Waals surface area contributed by atoms with Gasteiger partial charge in [-0.15, -0.1) is 0 Å². The van der Waals surface area contributed by atoms with E-state index in [1.165, 1.54) is 18.4 Å². The number of anilines is 1. The minimum Gasteiger partial charge on any atom is -0.497 e. The molecule has 3 rings (SSSR count). The van der Waals surface area contributed by atoms with Crippen molar-refractivity contribution in [2.75, 3.05) is 12.4 Å². The molecule has 1 unspecified atom stereocenters. The van der Waals surface area contributed by atoms with Gasteiger partial charge >= 0.3 is 0 Å². The van der Waals surface area contributed by atoms with E-state index in [0.717, 1.165) is 23.9 Å². The fraction of sp³-hybridized carbons (Fsp3) is 0.438. The molecule has 0 bridgehead atoms. The zero-order valence-electron chi connectivity index (χ0n) is 12.0. The lowest BCUT2D eigenvalue weighted by Gasteiger charge is -2.19. The highest BCUT2D eigenvalue weighted by molar-refractivity contribution is 5.43. The third kappa shape index (κ3) is 2.79. The lowest BCUT2D eigenvalue weighted by atomic mass is 10.0. The van der Waals surface area contributed by atoms with Crippen molar-refractivity contribution in [3.05, 3.63) is 42.2 Å².